The first kappa shape index (κ1) is 20.5. The van der Waals surface area contributed by atoms with Gasteiger partial charge in [0.05, 0.1) is 10.5 Å². The zero-order valence-electron chi connectivity index (χ0n) is 17.2. The van der Waals surface area contributed by atoms with Crippen molar-refractivity contribution in [2.24, 2.45) is 0 Å². The third-order valence-corrected chi connectivity index (χ3v) is 6.73. The third-order valence-electron chi connectivity index (χ3n) is 5.24. The van der Waals surface area contributed by atoms with Gasteiger partial charge < -0.3 is 14.8 Å². The average molecular weight is 467 g/mol. The van der Waals surface area contributed by atoms with E-state index in [-0.39, 0.29) is 18.3 Å². The van der Waals surface area contributed by atoms with Crippen LogP contribution in [-0.4, -0.2) is 38.4 Å². The number of carbonyl (C=O) groups is 1. The molecule has 1 N–H and O–H groups in total. The molecule has 32 heavy (non-hydrogen) atoms. The number of aryl methyl sites for hydroxylation is 1. The Morgan fingerprint density at radius 3 is 2.84 bits per heavy atom. The summed E-state index contributed by atoms with van der Waals surface area (Å²) in [5, 5.41) is 3.26. The van der Waals surface area contributed by atoms with Gasteiger partial charge in [-0.05, 0) is 42.3 Å². The normalized spacial score (nSPS) is 16.4. The molecule has 4 heterocycles. The molecule has 2 aliphatic rings. The predicted molar refractivity (Wildman–Crippen MR) is 127 cm³/mol. The highest BCUT2D eigenvalue weighted by Crippen LogP contribution is 2.34. The molecule has 3 aromatic rings. The molecule has 0 bridgehead atoms. The van der Waals surface area contributed by atoms with Crippen molar-refractivity contribution < 1.29 is 14.3 Å². The fraction of sp³-hybridized carbons (Fsp3) is 0.182. The monoisotopic (exact) mass is 466 g/mol. The van der Waals surface area contributed by atoms with E-state index in [1.54, 1.807) is 25.4 Å². The van der Waals surface area contributed by atoms with Crippen molar-refractivity contribution in [1.29, 1.82) is 0 Å². The van der Waals surface area contributed by atoms with Gasteiger partial charge in [0, 0.05) is 19.8 Å². The Hall–Kier alpha value is -3.37. The van der Waals surface area contributed by atoms with Gasteiger partial charge in [0.15, 0.2) is 11.5 Å². The van der Waals surface area contributed by atoms with Crippen molar-refractivity contribution in [3.8, 4) is 11.5 Å². The largest absolute Gasteiger partial charge is 0.454 e. The number of hydrogen-bond acceptors (Lipinski definition) is 8. The molecule has 0 saturated carbocycles. The second kappa shape index (κ2) is 7.95. The number of hydrogen-bond donors (Lipinski definition) is 1. The van der Waals surface area contributed by atoms with E-state index in [2.05, 4.69) is 5.32 Å². The first-order valence-corrected chi connectivity index (χ1v) is 11.0. The Balaban J connectivity index is 1.58. The lowest BCUT2D eigenvalue weighted by atomic mass is 10.2. The molecule has 0 spiro atoms. The van der Waals surface area contributed by atoms with Crippen LogP contribution in [-0.2, 0) is 11.3 Å². The number of pyridine rings is 1. The highest BCUT2D eigenvalue weighted by Gasteiger charge is 2.29. The minimum atomic E-state index is -0.270. The first-order valence-electron chi connectivity index (χ1n) is 9.78. The number of nitrogens with one attached hydrogen (secondary N) is 1. The molecule has 5 rings (SSSR count). The topological polar surface area (TPSA) is 85.2 Å². The fourth-order valence-corrected chi connectivity index (χ4v) is 4.65. The summed E-state index contributed by atoms with van der Waals surface area (Å²) in [5.74, 6) is 1.53. The molecule has 0 aliphatic carbocycles. The molecule has 1 amide bonds. The van der Waals surface area contributed by atoms with Crippen LogP contribution in [0.2, 0.25) is 0 Å². The molecule has 0 unspecified atom stereocenters. The summed E-state index contributed by atoms with van der Waals surface area (Å²) in [6, 6.07) is 9.34. The summed E-state index contributed by atoms with van der Waals surface area (Å²) >= 11 is 6.38. The van der Waals surface area contributed by atoms with Crippen molar-refractivity contribution >= 4 is 51.7 Å². The van der Waals surface area contributed by atoms with E-state index in [4.69, 9.17) is 26.7 Å². The highest BCUT2D eigenvalue weighted by atomic mass is 32.2. The summed E-state index contributed by atoms with van der Waals surface area (Å²) < 4.78 is 12.7. The van der Waals surface area contributed by atoms with E-state index >= 15 is 0 Å². The fourth-order valence-electron chi connectivity index (χ4n) is 3.49. The number of ether oxygens (including phenoxy) is 2. The van der Waals surface area contributed by atoms with E-state index in [9.17, 15) is 9.59 Å². The number of benzene rings is 1. The SMILES string of the molecule is Cc1cccn2c(=O)c(/C=C3\SC(=S)N(C)C3=O)c(NCc3ccc4c(c3)OCO4)nc12. The van der Waals surface area contributed by atoms with E-state index < -0.39 is 0 Å². The maximum Gasteiger partial charge on any atom is 0.267 e. The molecule has 8 nitrogen and oxygen atoms in total. The number of thiocarbonyl (C=S) groups is 1. The number of thioether (sulfide) groups is 1. The molecule has 1 aromatic carbocycles. The number of anilines is 1. The number of nitrogens with zero attached hydrogens (tertiary/aromatic N) is 3. The van der Waals surface area contributed by atoms with E-state index in [0.29, 0.717) is 44.3 Å². The standard InChI is InChI=1S/C22H18N4O4S2/c1-12-4-3-7-26-19(12)24-18(23-10-13-5-6-15-16(8-13)30-11-29-15)14(20(26)27)9-17-21(28)25(2)22(31)32-17/h3-9,23H,10-11H2,1-2H3/b17-9-. The molecule has 0 atom stereocenters. The smallest absolute Gasteiger partial charge is 0.267 e. The molecule has 1 saturated heterocycles. The van der Waals surface area contributed by atoms with Gasteiger partial charge in [0.1, 0.15) is 15.8 Å². The van der Waals surface area contributed by atoms with Gasteiger partial charge in [-0.15, -0.1) is 0 Å². The van der Waals surface area contributed by atoms with Crippen molar-refractivity contribution in [1.82, 2.24) is 14.3 Å². The second-order valence-electron chi connectivity index (χ2n) is 7.35. The van der Waals surface area contributed by atoms with Crippen molar-refractivity contribution in [3.05, 3.63) is 68.5 Å². The molecular weight excluding hydrogens is 448 g/mol. The van der Waals surface area contributed by atoms with Crippen LogP contribution in [0.25, 0.3) is 11.7 Å². The Labute approximate surface area is 192 Å². The van der Waals surface area contributed by atoms with Crippen LogP contribution in [0.5, 0.6) is 11.5 Å². The highest BCUT2D eigenvalue weighted by molar-refractivity contribution is 8.26. The van der Waals surface area contributed by atoms with Crippen LogP contribution in [0.1, 0.15) is 16.7 Å². The number of aromatic nitrogens is 2. The van der Waals surface area contributed by atoms with Crippen molar-refractivity contribution in [2.75, 3.05) is 19.2 Å². The van der Waals surface area contributed by atoms with Gasteiger partial charge in [-0.2, -0.15) is 0 Å². The average Bonchev–Trinajstić information content (AvgIpc) is 3.35. The number of rotatable bonds is 4. The van der Waals surface area contributed by atoms with Gasteiger partial charge in [0.25, 0.3) is 11.5 Å². The Morgan fingerprint density at radius 2 is 2.06 bits per heavy atom. The Morgan fingerprint density at radius 1 is 1.25 bits per heavy atom. The van der Waals surface area contributed by atoms with Gasteiger partial charge in [-0.1, -0.05) is 36.1 Å². The minimum absolute atomic E-state index is 0.203. The lowest BCUT2D eigenvalue weighted by Crippen LogP contribution is -2.23. The maximum absolute atomic E-state index is 13.4. The first-order chi connectivity index (χ1) is 15.4. The number of likely N-dealkylation sites (N-methyl/N-ethyl adjacent to an activating group) is 1. The van der Waals surface area contributed by atoms with Crippen molar-refractivity contribution in [2.45, 2.75) is 13.5 Å². The van der Waals surface area contributed by atoms with E-state index in [1.165, 1.54) is 21.1 Å². The zero-order valence-corrected chi connectivity index (χ0v) is 18.9. The van der Waals surface area contributed by atoms with Crippen LogP contribution in [0.15, 0.2) is 46.2 Å². The number of carbonyl (C=O) groups excluding carboxylic acids is 1. The summed E-state index contributed by atoms with van der Waals surface area (Å²) in [4.78, 5) is 32.4. The van der Waals surface area contributed by atoms with Crippen LogP contribution >= 0.6 is 24.0 Å². The van der Waals surface area contributed by atoms with E-state index in [1.807, 2.05) is 31.2 Å². The number of amides is 1. The molecule has 1 fully saturated rings. The molecule has 2 aromatic heterocycles. The quantitative estimate of drug-likeness (QED) is 0.464. The van der Waals surface area contributed by atoms with Crippen LogP contribution in [0, 0.1) is 6.92 Å². The molecule has 2 aliphatic heterocycles. The summed E-state index contributed by atoms with van der Waals surface area (Å²) in [5.41, 5.74) is 2.37. The third kappa shape index (κ3) is 3.51. The second-order valence-corrected chi connectivity index (χ2v) is 9.02. The molecule has 0 radical (unpaired) electrons. The van der Waals surface area contributed by atoms with Gasteiger partial charge in [0.2, 0.25) is 6.79 Å². The van der Waals surface area contributed by atoms with Crippen LogP contribution in [0.4, 0.5) is 5.82 Å². The minimum Gasteiger partial charge on any atom is -0.454 e. The Bertz CT molecular complexity index is 1380. The zero-order chi connectivity index (χ0) is 22.4. The summed E-state index contributed by atoms with van der Waals surface area (Å²) in [7, 11) is 1.62. The van der Waals surface area contributed by atoms with Crippen LogP contribution < -0.4 is 20.3 Å². The Kier molecular flexibility index (Phi) is 5.10. The van der Waals surface area contributed by atoms with E-state index in [0.717, 1.165) is 11.1 Å². The predicted octanol–water partition coefficient (Wildman–Crippen LogP) is 3.17. The molecular formula is C22H18N4O4S2. The number of fused-ring (bicyclic) bond motifs is 2. The van der Waals surface area contributed by atoms with Gasteiger partial charge >= 0.3 is 0 Å². The maximum atomic E-state index is 13.4. The molecule has 10 heteroatoms. The van der Waals surface area contributed by atoms with Gasteiger partial charge in [-0.25, -0.2) is 4.98 Å². The summed E-state index contributed by atoms with van der Waals surface area (Å²) in [6.07, 6.45) is 3.23. The van der Waals surface area contributed by atoms with Crippen molar-refractivity contribution in [3.63, 3.8) is 0 Å². The molecule has 162 valence electrons. The lowest BCUT2D eigenvalue weighted by Gasteiger charge is -2.12. The van der Waals surface area contributed by atoms with Crippen LogP contribution in [0.3, 0.4) is 0 Å². The van der Waals surface area contributed by atoms with Gasteiger partial charge in [-0.3, -0.25) is 18.9 Å². The summed E-state index contributed by atoms with van der Waals surface area (Å²) in [6.45, 7) is 2.50. The lowest BCUT2D eigenvalue weighted by molar-refractivity contribution is -0.121.